The van der Waals surface area contributed by atoms with E-state index >= 15 is 0 Å². The van der Waals surface area contributed by atoms with Crippen molar-refractivity contribution in [3.05, 3.63) is 134 Å². The SMILES string of the molecule is Cc1ncsc1-c1ccc([C@H](C)NC(=O)[C@@H]2C[C@@H](C)CN2C(=O)[C@H](C(C)C)n2cc(-c3cc(OC4CC(NC(=O)C[C@@H]5N=C(c6ccc(Cl)cc6)c6c(sc(C)c6C)-n6c(C)nnc65)C4)ccn3)cn2)cc1. The van der Waals surface area contributed by atoms with Gasteiger partial charge < -0.3 is 20.3 Å². The number of thiophene rings is 1. The molecule has 0 unspecified atom stereocenters. The van der Waals surface area contributed by atoms with Gasteiger partial charge in [0.2, 0.25) is 17.7 Å². The number of amides is 3. The van der Waals surface area contributed by atoms with Gasteiger partial charge in [0.05, 0.1) is 46.1 Å². The summed E-state index contributed by atoms with van der Waals surface area (Å²) in [6.07, 6.45) is 7.12. The zero-order valence-corrected chi connectivity index (χ0v) is 44.0. The number of nitrogens with one attached hydrogen (secondary N) is 2. The number of pyridine rings is 1. The number of halogens is 1. The molecular weight excluding hydrogens is 966 g/mol. The van der Waals surface area contributed by atoms with E-state index in [9.17, 15) is 14.4 Å². The number of rotatable bonds is 14. The molecule has 2 N–H and O–H groups in total. The fourth-order valence-electron chi connectivity index (χ4n) is 10.1. The minimum absolute atomic E-state index is 0.0616. The molecular formula is C54H58ClN11O4S2. The molecule has 7 aromatic rings. The molecule has 7 heterocycles. The Bertz CT molecular complexity index is 3190. The Morgan fingerprint density at radius 2 is 1.67 bits per heavy atom. The highest BCUT2D eigenvalue weighted by Gasteiger charge is 2.42. The van der Waals surface area contributed by atoms with E-state index in [1.165, 1.54) is 4.88 Å². The largest absolute Gasteiger partial charge is 0.490 e. The summed E-state index contributed by atoms with van der Waals surface area (Å²) in [4.78, 5) is 60.6. The second-order valence-electron chi connectivity index (χ2n) is 19.8. The second-order valence-corrected chi connectivity index (χ2v) is 22.3. The summed E-state index contributed by atoms with van der Waals surface area (Å²) in [6.45, 7) is 16.7. The van der Waals surface area contributed by atoms with Crippen LogP contribution in [0.3, 0.4) is 0 Å². The number of nitrogens with zero attached hydrogens (tertiary/aromatic N) is 9. The zero-order chi connectivity index (χ0) is 50.5. The van der Waals surface area contributed by atoms with E-state index in [0.717, 1.165) is 60.5 Å². The van der Waals surface area contributed by atoms with Gasteiger partial charge in [-0.3, -0.25) is 33.6 Å². The number of likely N-dealkylation sites (tertiary alicyclic amines) is 1. The average Bonchev–Trinajstić information content (AvgIpc) is 4.19. The van der Waals surface area contributed by atoms with E-state index in [-0.39, 0.29) is 54.2 Å². The minimum atomic E-state index is -0.634. The molecule has 5 atom stereocenters. The smallest absolute Gasteiger partial charge is 0.248 e. The maximum absolute atomic E-state index is 14.5. The molecule has 3 amide bonds. The van der Waals surface area contributed by atoms with Crippen LogP contribution in [0.1, 0.15) is 116 Å². The highest BCUT2D eigenvalue weighted by Crippen LogP contribution is 2.40. The fraction of sp³-hybridized carbons (Fsp3) is 0.389. The number of fused-ring (bicyclic) bond motifs is 3. The first-order valence-electron chi connectivity index (χ1n) is 24.5. The van der Waals surface area contributed by atoms with Crippen molar-refractivity contribution >= 4 is 57.7 Å². The van der Waals surface area contributed by atoms with Gasteiger partial charge in [-0.25, -0.2) is 4.98 Å². The van der Waals surface area contributed by atoms with Crippen LogP contribution in [0.25, 0.3) is 26.7 Å². The average molecular weight is 1020 g/mol. The Morgan fingerprint density at radius 1 is 0.917 bits per heavy atom. The molecule has 2 aliphatic heterocycles. The predicted molar refractivity (Wildman–Crippen MR) is 281 cm³/mol. The lowest BCUT2D eigenvalue weighted by Crippen LogP contribution is -2.49. The zero-order valence-electron chi connectivity index (χ0n) is 41.6. The fourth-order valence-corrected chi connectivity index (χ4v) is 12.3. The first-order chi connectivity index (χ1) is 34.6. The summed E-state index contributed by atoms with van der Waals surface area (Å²) in [7, 11) is 0. The molecule has 15 nitrogen and oxygen atoms in total. The van der Waals surface area contributed by atoms with Crippen LogP contribution >= 0.6 is 34.3 Å². The molecule has 72 heavy (non-hydrogen) atoms. The van der Waals surface area contributed by atoms with Crippen LogP contribution in [0.15, 0.2) is 89.8 Å². The Kier molecular flexibility index (Phi) is 13.7. The van der Waals surface area contributed by atoms with Gasteiger partial charge in [-0.2, -0.15) is 5.10 Å². The third-order valence-corrected chi connectivity index (χ3v) is 16.6. The molecule has 0 bridgehead atoms. The van der Waals surface area contributed by atoms with Gasteiger partial charge in [-0.05, 0) is 87.8 Å². The number of hydrogen-bond acceptors (Lipinski definition) is 12. The molecule has 10 rings (SSSR count). The number of hydrogen-bond donors (Lipinski definition) is 2. The Balaban J connectivity index is 0.762. The van der Waals surface area contributed by atoms with Crippen LogP contribution < -0.4 is 15.4 Å². The number of aryl methyl sites for hydroxylation is 3. The van der Waals surface area contributed by atoms with Crippen molar-refractivity contribution < 1.29 is 19.1 Å². The van der Waals surface area contributed by atoms with Gasteiger partial charge in [0.25, 0.3) is 0 Å². The summed E-state index contributed by atoms with van der Waals surface area (Å²) in [5, 5.41) is 21.7. The topological polar surface area (TPSA) is 174 Å². The number of carbonyl (C=O) groups is 3. The van der Waals surface area contributed by atoms with Crippen LogP contribution in [-0.4, -0.2) is 87.6 Å². The van der Waals surface area contributed by atoms with Crippen molar-refractivity contribution in [1.29, 1.82) is 0 Å². The third kappa shape index (κ3) is 9.73. The van der Waals surface area contributed by atoms with E-state index in [1.807, 2.05) is 94.9 Å². The van der Waals surface area contributed by atoms with Crippen LogP contribution in [-0.2, 0) is 14.4 Å². The summed E-state index contributed by atoms with van der Waals surface area (Å²) in [6, 6.07) is 17.5. The second kappa shape index (κ2) is 20.2. The molecule has 0 radical (unpaired) electrons. The van der Waals surface area contributed by atoms with Crippen molar-refractivity contribution in [2.24, 2.45) is 16.8 Å². The molecule has 372 valence electrons. The molecule has 18 heteroatoms. The molecule has 2 fully saturated rings. The molecule has 1 aliphatic carbocycles. The maximum atomic E-state index is 14.5. The summed E-state index contributed by atoms with van der Waals surface area (Å²) < 4.78 is 10.2. The lowest BCUT2D eigenvalue weighted by atomic mass is 9.89. The van der Waals surface area contributed by atoms with Crippen LogP contribution in [0.5, 0.6) is 5.75 Å². The normalized spacial score (nSPS) is 20.2. The van der Waals surface area contributed by atoms with Gasteiger partial charge in [-0.1, -0.05) is 68.8 Å². The Labute approximate surface area is 432 Å². The van der Waals surface area contributed by atoms with Crippen LogP contribution in [0, 0.1) is 39.5 Å². The molecule has 2 aromatic carbocycles. The third-order valence-electron chi connectivity index (χ3n) is 14.2. The number of aliphatic imine (C=N–C) groups is 1. The van der Waals surface area contributed by atoms with Gasteiger partial charge in [0.15, 0.2) is 5.82 Å². The van der Waals surface area contributed by atoms with Gasteiger partial charge in [0, 0.05) is 70.5 Å². The lowest BCUT2D eigenvalue weighted by Gasteiger charge is -2.36. The molecule has 0 spiro atoms. The van der Waals surface area contributed by atoms with Crippen molar-refractivity contribution in [3.63, 3.8) is 0 Å². The molecule has 1 saturated carbocycles. The van der Waals surface area contributed by atoms with Crippen molar-refractivity contribution in [1.82, 2.24) is 50.0 Å². The number of benzene rings is 2. The van der Waals surface area contributed by atoms with E-state index in [0.29, 0.717) is 48.1 Å². The number of ether oxygens (including phenoxy) is 1. The number of carbonyl (C=O) groups excluding carboxylic acids is 3. The first-order valence-corrected chi connectivity index (χ1v) is 26.6. The Morgan fingerprint density at radius 3 is 2.39 bits per heavy atom. The van der Waals surface area contributed by atoms with Crippen molar-refractivity contribution in [2.45, 2.75) is 117 Å². The van der Waals surface area contributed by atoms with Gasteiger partial charge in [0.1, 0.15) is 40.8 Å². The van der Waals surface area contributed by atoms with Crippen molar-refractivity contribution in [2.75, 3.05) is 6.54 Å². The van der Waals surface area contributed by atoms with E-state index in [2.05, 4.69) is 68.3 Å². The molecule has 1 saturated heterocycles. The van der Waals surface area contributed by atoms with E-state index < -0.39 is 18.1 Å². The molecule has 5 aromatic heterocycles. The predicted octanol–water partition coefficient (Wildman–Crippen LogP) is 9.92. The highest BCUT2D eigenvalue weighted by atomic mass is 35.5. The van der Waals surface area contributed by atoms with Gasteiger partial charge >= 0.3 is 0 Å². The summed E-state index contributed by atoms with van der Waals surface area (Å²) in [5.74, 6) is 1.65. The minimum Gasteiger partial charge on any atom is -0.490 e. The summed E-state index contributed by atoms with van der Waals surface area (Å²) >= 11 is 9.58. The van der Waals surface area contributed by atoms with Crippen LogP contribution in [0.4, 0.5) is 0 Å². The van der Waals surface area contributed by atoms with Gasteiger partial charge in [-0.15, -0.1) is 32.9 Å². The maximum Gasteiger partial charge on any atom is 0.248 e. The number of thiazole rings is 1. The van der Waals surface area contributed by atoms with Crippen LogP contribution in [0.2, 0.25) is 5.02 Å². The highest BCUT2D eigenvalue weighted by molar-refractivity contribution is 7.15. The summed E-state index contributed by atoms with van der Waals surface area (Å²) in [5.41, 5.74) is 10.2. The number of aromatic nitrogens is 7. The molecule has 3 aliphatic rings. The lowest BCUT2D eigenvalue weighted by molar-refractivity contribution is -0.142. The van der Waals surface area contributed by atoms with Crippen molar-refractivity contribution in [3.8, 4) is 32.4 Å². The van der Waals surface area contributed by atoms with E-state index in [1.54, 1.807) is 44.6 Å². The monoisotopic (exact) mass is 1020 g/mol. The standard InChI is InChI=1S/C54H58ClN11O4S2/c1-28(2)49(53(69)64-25-29(3)19-45(64)52(68)59-31(5)35-9-11-37(12-10-35)50-32(6)57-27-71-50)65-26-38(24-58-65)43-22-41(17-18-56-43)70-42-20-40(21-42)60-46(67)23-44-51-63-62-34(8)66(51)54-47(30(4)33(7)72-54)48(61-44)36-13-15-39(55)16-14-36/h9-18,22,24,26-29,31,40,42,44-45,49H,19-21,23,25H2,1-8H3,(H,59,68)(H,60,67)/t29-,31+,40?,42?,44+,45+,49+/m1/s1. The Hall–Kier alpha value is -6.56. The van der Waals surface area contributed by atoms with E-state index in [4.69, 9.17) is 26.4 Å². The quantitative estimate of drug-likeness (QED) is 0.107. The first kappa shape index (κ1) is 49.0.